The lowest BCUT2D eigenvalue weighted by Gasteiger charge is -2.18. The predicted octanol–water partition coefficient (Wildman–Crippen LogP) is 3.35. The zero-order valence-corrected chi connectivity index (χ0v) is 14.3. The first-order valence-electron chi connectivity index (χ1n) is 8.36. The summed E-state index contributed by atoms with van der Waals surface area (Å²) in [6, 6.07) is 16.5. The molecule has 0 saturated heterocycles. The fraction of sp³-hybridized carbons (Fsp3) is 0.300. The number of carbonyl (C=O) groups is 2. The first kappa shape index (κ1) is 18.5. The molecule has 2 rings (SSSR count). The molecule has 0 aliphatic carbocycles. The van der Waals surface area contributed by atoms with Crippen LogP contribution in [-0.2, 0) is 16.0 Å². The lowest BCUT2D eigenvalue weighted by atomic mass is 10.0. The van der Waals surface area contributed by atoms with E-state index < -0.39 is 5.97 Å². The highest BCUT2D eigenvalue weighted by atomic mass is 16.5. The molecule has 0 aliphatic rings. The van der Waals surface area contributed by atoms with Crippen LogP contribution in [0.25, 0.3) is 0 Å². The van der Waals surface area contributed by atoms with Gasteiger partial charge in [0, 0.05) is 6.42 Å². The van der Waals surface area contributed by atoms with Crippen molar-refractivity contribution in [1.82, 2.24) is 5.32 Å². The fourth-order valence-corrected chi connectivity index (χ4v) is 2.58. The molecule has 2 N–H and O–H groups in total. The summed E-state index contributed by atoms with van der Waals surface area (Å²) >= 11 is 0. The SMILES string of the molecule is CCOc1ccc(CC(=O)NC(CCC(=O)O)c2ccccc2)cc1. The van der Waals surface area contributed by atoms with Crippen molar-refractivity contribution in [2.75, 3.05) is 6.61 Å². The number of carbonyl (C=O) groups excluding carboxylic acids is 1. The molecule has 0 aliphatic heterocycles. The molecule has 0 heterocycles. The minimum atomic E-state index is -0.873. The van der Waals surface area contributed by atoms with E-state index in [1.54, 1.807) is 0 Å². The number of hydrogen-bond donors (Lipinski definition) is 2. The highest BCUT2D eigenvalue weighted by Gasteiger charge is 2.16. The summed E-state index contributed by atoms with van der Waals surface area (Å²) in [4.78, 5) is 23.2. The highest BCUT2D eigenvalue weighted by Crippen LogP contribution is 2.19. The number of benzene rings is 2. The smallest absolute Gasteiger partial charge is 0.303 e. The van der Waals surface area contributed by atoms with Gasteiger partial charge in [0.05, 0.1) is 19.1 Å². The monoisotopic (exact) mass is 341 g/mol. The van der Waals surface area contributed by atoms with Crippen LogP contribution in [0, 0.1) is 0 Å². The van der Waals surface area contributed by atoms with Crippen LogP contribution in [0.1, 0.15) is 36.9 Å². The number of nitrogens with one attached hydrogen (secondary N) is 1. The topological polar surface area (TPSA) is 75.6 Å². The van der Waals surface area contributed by atoms with Crippen LogP contribution in [0.3, 0.4) is 0 Å². The van der Waals surface area contributed by atoms with E-state index in [9.17, 15) is 9.59 Å². The third-order valence-electron chi connectivity index (χ3n) is 3.78. The van der Waals surface area contributed by atoms with Crippen molar-refractivity contribution < 1.29 is 19.4 Å². The maximum absolute atomic E-state index is 12.4. The molecule has 0 fully saturated rings. The van der Waals surface area contributed by atoms with E-state index in [1.807, 2.05) is 61.5 Å². The van der Waals surface area contributed by atoms with Crippen molar-refractivity contribution >= 4 is 11.9 Å². The van der Waals surface area contributed by atoms with E-state index in [1.165, 1.54) is 0 Å². The summed E-state index contributed by atoms with van der Waals surface area (Å²) in [5.41, 5.74) is 1.79. The second-order valence-electron chi connectivity index (χ2n) is 5.72. The molecule has 0 aromatic heterocycles. The van der Waals surface area contributed by atoms with E-state index in [0.29, 0.717) is 13.0 Å². The quantitative estimate of drug-likeness (QED) is 0.733. The molecule has 2 aromatic rings. The Bertz CT molecular complexity index is 683. The Morgan fingerprint density at radius 2 is 1.76 bits per heavy atom. The molecule has 1 amide bonds. The normalized spacial score (nSPS) is 11.6. The number of amides is 1. The Labute approximate surface area is 147 Å². The fourth-order valence-electron chi connectivity index (χ4n) is 2.58. The van der Waals surface area contributed by atoms with Gasteiger partial charge in [-0.3, -0.25) is 9.59 Å². The Hall–Kier alpha value is -2.82. The van der Waals surface area contributed by atoms with Crippen molar-refractivity contribution in [2.24, 2.45) is 0 Å². The molecule has 5 nitrogen and oxygen atoms in total. The van der Waals surface area contributed by atoms with Gasteiger partial charge in [0.1, 0.15) is 5.75 Å². The number of carboxylic acid groups (broad SMARTS) is 1. The summed E-state index contributed by atoms with van der Waals surface area (Å²) in [6.45, 7) is 2.52. The Balaban J connectivity index is 1.99. The van der Waals surface area contributed by atoms with Gasteiger partial charge in [-0.15, -0.1) is 0 Å². The molecule has 0 saturated carbocycles. The lowest BCUT2D eigenvalue weighted by molar-refractivity contribution is -0.137. The molecule has 1 atom stereocenters. The molecular weight excluding hydrogens is 318 g/mol. The minimum absolute atomic E-state index is 0.00287. The van der Waals surface area contributed by atoms with Crippen LogP contribution in [-0.4, -0.2) is 23.6 Å². The van der Waals surface area contributed by atoms with Gasteiger partial charge in [0.25, 0.3) is 0 Å². The standard InChI is InChI=1S/C20H23NO4/c1-2-25-17-10-8-15(9-11-17)14-19(22)21-18(12-13-20(23)24)16-6-4-3-5-7-16/h3-11,18H,2,12-14H2,1H3,(H,21,22)(H,23,24). The molecule has 132 valence electrons. The van der Waals surface area contributed by atoms with Gasteiger partial charge in [-0.1, -0.05) is 42.5 Å². The van der Waals surface area contributed by atoms with Crippen LogP contribution < -0.4 is 10.1 Å². The molecule has 1 unspecified atom stereocenters. The van der Waals surface area contributed by atoms with Crippen molar-refractivity contribution in [2.45, 2.75) is 32.2 Å². The number of aliphatic carboxylic acids is 1. The van der Waals surface area contributed by atoms with Crippen molar-refractivity contribution in [3.63, 3.8) is 0 Å². The predicted molar refractivity (Wildman–Crippen MR) is 95.5 cm³/mol. The molecule has 5 heteroatoms. The van der Waals surface area contributed by atoms with Gasteiger partial charge in [0.15, 0.2) is 0 Å². The van der Waals surface area contributed by atoms with Crippen molar-refractivity contribution in [3.8, 4) is 5.75 Å². The second kappa shape index (κ2) is 9.47. The van der Waals surface area contributed by atoms with Crippen LogP contribution in [0.2, 0.25) is 0 Å². The first-order valence-corrected chi connectivity index (χ1v) is 8.36. The zero-order valence-electron chi connectivity index (χ0n) is 14.3. The van der Waals surface area contributed by atoms with Gasteiger partial charge in [-0.2, -0.15) is 0 Å². The summed E-state index contributed by atoms with van der Waals surface area (Å²) in [5, 5.41) is 11.9. The highest BCUT2D eigenvalue weighted by molar-refractivity contribution is 5.79. The summed E-state index contributed by atoms with van der Waals surface area (Å²) < 4.78 is 5.39. The van der Waals surface area contributed by atoms with Crippen molar-refractivity contribution in [3.05, 3.63) is 65.7 Å². The van der Waals surface area contributed by atoms with Gasteiger partial charge < -0.3 is 15.2 Å². The van der Waals surface area contributed by atoms with Gasteiger partial charge >= 0.3 is 5.97 Å². The zero-order chi connectivity index (χ0) is 18.1. The van der Waals surface area contributed by atoms with Gasteiger partial charge in [-0.25, -0.2) is 0 Å². The number of hydrogen-bond acceptors (Lipinski definition) is 3. The Morgan fingerprint density at radius 1 is 1.08 bits per heavy atom. The largest absolute Gasteiger partial charge is 0.494 e. The third kappa shape index (κ3) is 6.30. The maximum atomic E-state index is 12.4. The van der Waals surface area contributed by atoms with Crippen LogP contribution in [0.4, 0.5) is 0 Å². The Kier molecular flexibility index (Phi) is 7.01. The van der Waals surface area contributed by atoms with E-state index in [2.05, 4.69) is 5.32 Å². The molecule has 2 aromatic carbocycles. The summed E-state index contributed by atoms with van der Waals surface area (Å²) in [5.74, 6) is -0.236. The van der Waals surface area contributed by atoms with Crippen LogP contribution in [0.15, 0.2) is 54.6 Å². The first-order chi connectivity index (χ1) is 12.1. The molecule has 25 heavy (non-hydrogen) atoms. The van der Waals surface area contributed by atoms with Crippen LogP contribution >= 0.6 is 0 Å². The average Bonchev–Trinajstić information content (AvgIpc) is 2.61. The molecular formula is C20H23NO4. The molecule has 0 bridgehead atoms. The average molecular weight is 341 g/mol. The van der Waals surface area contributed by atoms with Gasteiger partial charge in [-0.05, 0) is 36.6 Å². The van der Waals surface area contributed by atoms with Crippen molar-refractivity contribution in [1.29, 1.82) is 0 Å². The third-order valence-corrected chi connectivity index (χ3v) is 3.78. The Morgan fingerprint density at radius 3 is 2.36 bits per heavy atom. The van der Waals surface area contributed by atoms with Crippen LogP contribution in [0.5, 0.6) is 5.75 Å². The number of carboxylic acids is 1. The van der Waals surface area contributed by atoms with Gasteiger partial charge in [0.2, 0.25) is 5.91 Å². The molecule has 0 spiro atoms. The molecule has 0 radical (unpaired) electrons. The van der Waals surface area contributed by atoms with E-state index in [4.69, 9.17) is 9.84 Å². The second-order valence-corrected chi connectivity index (χ2v) is 5.72. The number of ether oxygens (including phenoxy) is 1. The maximum Gasteiger partial charge on any atom is 0.303 e. The van der Waals surface area contributed by atoms with E-state index >= 15 is 0 Å². The number of rotatable bonds is 9. The summed E-state index contributed by atoms with van der Waals surface area (Å²) in [6.07, 6.45) is 0.597. The summed E-state index contributed by atoms with van der Waals surface area (Å²) in [7, 11) is 0. The van der Waals surface area contributed by atoms with E-state index in [0.717, 1.165) is 16.9 Å². The van der Waals surface area contributed by atoms with E-state index in [-0.39, 0.29) is 24.8 Å². The lowest BCUT2D eigenvalue weighted by Crippen LogP contribution is -2.30. The minimum Gasteiger partial charge on any atom is -0.494 e.